The van der Waals surface area contributed by atoms with Crippen LogP contribution in [0, 0.1) is 5.92 Å². The van der Waals surface area contributed by atoms with Crippen LogP contribution in [-0.4, -0.2) is 93.2 Å². The number of hydrogen-bond acceptors (Lipinski definition) is 5. The molecule has 186 valence electrons. The lowest BCUT2D eigenvalue weighted by Gasteiger charge is -2.34. The first-order valence-electron chi connectivity index (χ1n) is 12.0. The largest absolute Gasteiger partial charge is 0.376 e. The van der Waals surface area contributed by atoms with Gasteiger partial charge in [-0.25, -0.2) is 4.99 Å². The highest BCUT2D eigenvalue weighted by molar-refractivity contribution is 14.0. The maximum absolute atomic E-state index is 12.1. The smallest absolute Gasteiger partial charge is 0.243 e. The van der Waals surface area contributed by atoms with Crippen LogP contribution in [0.3, 0.4) is 0 Å². The van der Waals surface area contributed by atoms with Gasteiger partial charge in [0.05, 0.1) is 6.10 Å². The van der Waals surface area contributed by atoms with Crippen LogP contribution in [0.15, 0.2) is 29.5 Å². The maximum atomic E-state index is 12.1. The van der Waals surface area contributed by atoms with E-state index in [-0.39, 0.29) is 42.5 Å². The highest BCUT2D eigenvalue weighted by Gasteiger charge is 2.21. The first-order valence-corrected chi connectivity index (χ1v) is 12.0. The zero-order chi connectivity index (χ0) is 22.8. The van der Waals surface area contributed by atoms with Gasteiger partial charge in [-0.2, -0.15) is 0 Å². The summed E-state index contributed by atoms with van der Waals surface area (Å²) in [5.41, 5.74) is 1.27. The molecule has 2 aliphatic rings. The lowest BCUT2D eigenvalue weighted by Crippen LogP contribution is -2.45. The Bertz CT molecular complexity index is 719. The number of halogens is 1. The fourth-order valence-electron chi connectivity index (χ4n) is 4.29. The van der Waals surface area contributed by atoms with Crippen molar-refractivity contribution < 1.29 is 9.53 Å². The number of nitrogens with one attached hydrogen (secondary N) is 1. The molecule has 8 nitrogen and oxygen atoms in total. The number of guanidine groups is 1. The molecule has 1 unspecified atom stereocenters. The molecule has 2 fully saturated rings. The Kier molecular flexibility index (Phi) is 12.2. The molecule has 2 aliphatic heterocycles. The standard InChI is InChI=1S/C24H40N6O2.HI/c1-28(2)23(31)19-27-24(26-18-22-6-4-5-17-32-22)29(3)14-9-20-10-15-30(16-11-20)21-7-12-25-13-8-21;/h7-8,12-13,20,22H,4-6,9-11,14-19H2,1-3H3,(H,26,27);1H. The average Bonchev–Trinajstić information content (AvgIpc) is 2.84. The maximum Gasteiger partial charge on any atom is 0.243 e. The Hall–Kier alpha value is -1.62. The van der Waals surface area contributed by atoms with Gasteiger partial charge in [-0.05, 0) is 56.6 Å². The third kappa shape index (κ3) is 9.27. The van der Waals surface area contributed by atoms with Crippen LogP contribution in [-0.2, 0) is 9.53 Å². The summed E-state index contributed by atoms with van der Waals surface area (Å²) in [5, 5.41) is 3.47. The summed E-state index contributed by atoms with van der Waals surface area (Å²) >= 11 is 0. The molecule has 1 N–H and O–H groups in total. The van der Waals surface area contributed by atoms with Gasteiger partial charge in [0.15, 0.2) is 5.96 Å². The van der Waals surface area contributed by atoms with Gasteiger partial charge in [-0.3, -0.25) is 9.78 Å². The summed E-state index contributed by atoms with van der Waals surface area (Å²) in [6.07, 6.45) is 10.9. The van der Waals surface area contributed by atoms with Gasteiger partial charge in [-0.1, -0.05) is 0 Å². The number of rotatable bonds is 8. The molecule has 0 aliphatic carbocycles. The van der Waals surface area contributed by atoms with E-state index in [1.54, 1.807) is 19.0 Å². The summed E-state index contributed by atoms with van der Waals surface area (Å²) in [4.78, 5) is 27.0. The van der Waals surface area contributed by atoms with Crippen molar-refractivity contribution in [2.45, 2.75) is 44.6 Å². The number of hydrogen-bond donors (Lipinski definition) is 1. The molecule has 1 amide bonds. The summed E-state index contributed by atoms with van der Waals surface area (Å²) in [6.45, 7) is 4.85. The molecular formula is C24H41IN6O2. The van der Waals surface area contributed by atoms with Crippen molar-refractivity contribution in [1.82, 2.24) is 20.1 Å². The van der Waals surface area contributed by atoms with Crippen molar-refractivity contribution in [1.29, 1.82) is 0 Å². The molecule has 1 aromatic heterocycles. The molecule has 0 bridgehead atoms. The molecule has 0 spiro atoms. The van der Waals surface area contributed by atoms with Crippen molar-refractivity contribution in [3.8, 4) is 0 Å². The van der Waals surface area contributed by atoms with Gasteiger partial charge in [0.1, 0.15) is 6.54 Å². The van der Waals surface area contributed by atoms with E-state index in [9.17, 15) is 4.79 Å². The number of pyridine rings is 1. The van der Waals surface area contributed by atoms with E-state index in [0.717, 1.165) is 58.0 Å². The number of ether oxygens (including phenoxy) is 1. The van der Waals surface area contributed by atoms with Gasteiger partial charge in [0.2, 0.25) is 5.91 Å². The first kappa shape index (κ1) is 27.6. The summed E-state index contributed by atoms with van der Waals surface area (Å²) in [5.74, 6) is 1.51. The van der Waals surface area contributed by atoms with E-state index in [0.29, 0.717) is 5.92 Å². The quantitative estimate of drug-likeness (QED) is 0.294. The summed E-state index contributed by atoms with van der Waals surface area (Å²) in [6, 6.07) is 4.18. The number of aliphatic imine (C=N–C) groups is 1. The van der Waals surface area contributed by atoms with Gasteiger partial charge < -0.3 is 24.8 Å². The molecular weight excluding hydrogens is 531 g/mol. The lowest BCUT2D eigenvalue weighted by molar-refractivity contribution is -0.127. The molecule has 0 aromatic carbocycles. The van der Waals surface area contributed by atoms with Crippen molar-refractivity contribution in [3.05, 3.63) is 24.5 Å². The molecule has 3 heterocycles. The van der Waals surface area contributed by atoms with Crippen LogP contribution >= 0.6 is 24.0 Å². The molecule has 33 heavy (non-hydrogen) atoms. The Balaban J connectivity index is 0.00000385. The second kappa shape index (κ2) is 14.6. The van der Waals surface area contributed by atoms with Crippen molar-refractivity contribution in [2.75, 3.05) is 65.4 Å². The van der Waals surface area contributed by atoms with Crippen molar-refractivity contribution >= 4 is 41.5 Å². The van der Waals surface area contributed by atoms with E-state index in [4.69, 9.17) is 4.74 Å². The number of aromatic nitrogens is 1. The lowest BCUT2D eigenvalue weighted by atomic mass is 9.93. The topological polar surface area (TPSA) is 73.3 Å². The predicted octanol–water partition coefficient (Wildman–Crippen LogP) is 2.84. The SMILES string of the molecule is CN(C)C(=O)CN=C(NCC1CCCCO1)N(C)CCC1CCN(c2ccncc2)CC1.I. The normalized spacial score (nSPS) is 19.5. The highest BCUT2D eigenvalue weighted by Crippen LogP contribution is 2.24. The van der Waals surface area contributed by atoms with E-state index in [1.807, 2.05) is 12.4 Å². The number of amides is 1. The van der Waals surface area contributed by atoms with Crippen LogP contribution < -0.4 is 10.2 Å². The minimum atomic E-state index is 0. The van der Waals surface area contributed by atoms with Crippen LogP contribution in [0.25, 0.3) is 0 Å². The van der Waals surface area contributed by atoms with E-state index >= 15 is 0 Å². The molecule has 0 saturated carbocycles. The first-order chi connectivity index (χ1) is 15.5. The van der Waals surface area contributed by atoms with Crippen molar-refractivity contribution in [2.24, 2.45) is 10.9 Å². The molecule has 2 saturated heterocycles. The Morgan fingerprint density at radius 3 is 2.55 bits per heavy atom. The van der Waals surface area contributed by atoms with Crippen LogP contribution in [0.5, 0.6) is 0 Å². The number of nitrogens with zero attached hydrogens (tertiary/aromatic N) is 5. The zero-order valence-electron chi connectivity index (χ0n) is 20.4. The minimum absolute atomic E-state index is 0. The third-order valence-electron chi connectivity index (χ3n) is 6.50. The fraction of sp³-hybridized carbons (Fsp3) is 0.708. The van der Waals surface area contributed by atoms with E-state index in [1.165, 1.54) is 24.9 Å². The van der Waals surface area contributed by atoms with Gasteiger partial charge >= 0.3 is 0 Å². The van der Waals surface area contributed by atoms with E-state index < -0.39 is 0 Å². The predicted molar refractivity (Wildman–Crippen MR) is 144 cm³/mol. The van der Waals surface area contributed by atoms with Crippen molar-refractivity contribution in [3.63, 3.8) is 0 Å². The number of carbonyl (C=O) groups is 1. The van der Waals surface area contributed by atoms with Crippen LogP contribution in [0.4, 0.5) is 5.69 Å². The van der Waals surface area contributed by atoms with Gasteiger partial charge in [0, 0.05) is 72.0 Å². The Morgan fingerprint density at radius 1 is 1.18 bits per heavy atom. The highest BCUT2D eigenvalue weighted by atomic mass is 127. The molecule has 1 aromatic rings. The van der Waals surface area contributed by atoms with Crippen LogP contribution in [0.2, 0.25) is 0 Å². The fourth-order valence-corrected chi connectivity index (χ4v) is 4.29. The number of likely N-dealkylation sites (N-methyl/N-ethyl adjacent to an activating group) is 1. The van der Waals surface area contributed by atoms with E-state index in [2.05, 4.69) is 44.3 Å². The van der Waals surface area contributed by atoms with Gasteiger partial charge in [-0.15, -0.1) is 24.0 Å². The molecule has 0 radical (unpaired) electrons. The second-order valence-electron chi connectivity index (χ2n) is 9.14. The zero-order valence-corrected chi connectivity index (χ0v) is 22.7. The van der Waals surface area contributed by atoms with Gasteiger partial charge in [0.25, 0.3) is 0 Å². The minimum Gasteiger partial charge on any atom is -0.376 e. The molecule has 3 rings (SSSR count). The average molecular weight is 573 g/mol. The number of carbonyl (C=O) groups excluding carboxylic acids is 1. The Morgan fingerprint density at radius 2 is 1.91 bits per heavy atom. The second-order valence-corrected chi connectivity index (χ2v) is 9.14. The number of piperidine rings is 1. The third-order valence-corrected chi connectivity index (χ3v) is 6.50. The summed E-state index contributed by atoms with van der Waals surface area (Å²) in [7, 11) is 5.60. The Labute approximate surface area is 216 Å². The summed E-state index contributed by atoms with van der Waals surface area (Å²) < 4.78 is 5.85. The monoisotopic (exact) mass is 572 g/mol. The number of anilines is 1. The molecule has 9 heteroatoms. The molecule has 1 atom stereocenters. The van der Waals surface area contributed by atoms with Crippen LogP contribution in [0.1, 0.15) is 38.5 Å².